The van der Waals surface area contributed by atoms with Crippen molar-refractivity contribution in [3.05, 3.63) is 51.7 Å². The van der Waals surface area contributed by atoms with E-state index in [-0.39, 0.29) is 0 Å². The minimum atomic E-state index is 1.05. The van der Waals surface area contributed by atoms with E-state index >= 15 is 0 Å². The summed E-state index contributed by atoms with van der Waals surface area (Å²) in [6, 6.07) is 4.44. The van der Waals surface area contributed by atoms with Crippen LogP contribution in [0.2, 0.25) is 0 Å². The number of hydrogen-bond donors (Lipinski definition) is 0. The van der Waals surface area contributed by atoms with Gasteiger partial charge in [-0.2, -0.15) is 0 Å². The lowest BCUT2D eigenvalue weighted by molar-refractivity contribution is 1.13. The largest absolute Gasteiger partial charge is 0.256 e. The van der Waals surface area contributed by atoms with Gasteiger partial charge in [0.25, 0.3) is 0 Å². The van der Waals surface area contributed by atoms with Crippen LogP contribution in [0.25, 0.3) is 11.3 Å². The molecule has 0 spiro atoms. The summed E-state index contributed by atoms with van der Waals surface area (Å²) in [6.07, 6.45) is 3.05. The number of rotatable bonds is 0. The van der Waals surface area contributed by atoms with Gasteiger partial charge in [-0.3, -0.25) is 4.98 Å². The Balaban J connectivity index is 2.31. The number of aromatic nitrogens is 1. The van der Waals surface area contributed by atoms with Gasteiger partial charge >= 0.3 is 0 Å². The molecule has 86 valence electrons. The van der Waals surface area contributed by atoms with E-state index in [4.69, 9.17) is 0 Å². The second kappa shape index (κ2) is 3.43. The van der Waals surface area contributed by atoms with Crippen LogP contribution in [0.15, 0.2) is 18.3 Å². The fraction of sp³-hybridized carbons (Fsp3) is 0.312. The zero-order valence-electron chi connectivity index (χ0n) is 10.9. The molecule has 17 heavy (non-hydrogen) atoms. The number of nitrogens with zero attached hydrogens (tertiary/aromatic N) is 1. The first-order valence-corrected chi connectivity index (χ1v) is 6.14. The predicted octanol–water partition coefficient (Wildman–Crippen LogP) is 3.89. The van der Waals surface area contributed by atoms with Gasteiger partial charge in [-0.15, -0.1) is 0 Å². The molecule has 2 aromatic rings. The molecular formula is C16H17N. The van der Waals surface area contributed by atoms with Gasteiger partial charge in [0.2, 0.25) is 0 Å². The van der Waals surface area contributed by atoms with Gasteiger partial charge in [0, 0.05) is 18.2 Å². The molecule has 3 rings (SSSR count). The molecular weight excluding hydrogens is 206 g/mol. The fourth-order valence-corrected chi connectivity index (χ4v) is 2.70. The van der Waals surface area contributed by atoms with Gasteiger partial charge in [-0.05, 0) is 61.1 Å². The van der Waals surface area contributed by atoms with E-state index < -0.39 is 0 Å². The predicted molar refractivity (Wildman–Crippen MR) is 71.4 cm³/mol. The van der Waals surface area contributed by atoms with Crippen molar-refractivity contribution in [3.63, 3.8) is 0 Å². The summed E-state index contributed by atoms with van der Waals surface area (Å²) in [6.45, 7) is 8.76. The van der Waals surface area contributed by atoms with Gasteiger partial charge < -0.3 is 0 Å². The minimum Gasteiger partial charge on any atom is -0.256 e. The van der Waals surface area contributed by atoms with Crippen molar-refractivity contribution < 1.29 is 0 Å². The summed E-state index contributed by atoms with van der Waals surface area (Å²) in [7, 11) is 0. The fourth-order valence-electron chi connectivity index (χ4n) is 2.70. The molecule has 1 aliphatic rings. The monoisotopic (exact) mass is 223 g/mol. The van der Waals surface area contributed by atoms with E-state index in [0.29, 0.717) is 0 Å². The Morgan fingerprint density at radius 1 is 0.882 bits per heavy atom. The van der Waals surface area contributed by atoms with Gasteiger partial charge in [0.05, 0.1) is 5.69 Å². The van der Waals surface area contributed by atoms with Crippen LogP contribution >= 0.6 is 0 Å². The Labute approximate surface area is 103 Å². The molecule has 0 saturated carbocycles. The van der Waals surface area contributed by atoms with Crippen molar-refractivity contribution in [2.24, 2.45) is 0 Å². The van der Waals surface area contributed by atoms with Crippen molar-refractivity contribution in [1.29, 1.82) is 0 Å². The number of fused-ring (bicyclic) bond motifs is 3. The van der Waals surface area contributed by atoms with Crippen molar-refractivity contribution in [2.45, 2.75) is 34.1 Å². The number of aryl methyl sites for hydroxylation is 2. The topological polar surface area (TPSA) is 12.9 Å². The summed E-state index contributed by atoms with van der Waals surface area (Å²) >= 11 is 0. The van der Waals surface area contributed by atoms with Crippen LogP contribution in [0.1, 0.15) is 33.4 Å². The smallest absolute Gasteiger partial charge is 0.0743 e. The lowest BCUT2D eigenvalue weighted by atomic mass is 9.99. The summed E-state index contributed by atoms with van der Waals surface area (Å²) in [4.78, 5) is 4.63. The van der Waals surface area contributed by atoms with E-state index in [1.807, 2.05) is 6.20 Å². The molecule has 1 aliphatic carbocycles. The quantitative estimate of drug-likeness (QED) is 0.563. The first-order chi connectivity index (χ1) is 8.09. The third kappa shape index (κ3) is 1.35. The Morgan fingerprint density at radius 3 is 2.35 bits per heavy atom. The standard InChI is InChI=1S/C16H17N/c1-9-5-6-13-14(11(9)3)7-15-12(4)10(2)8-17-16(13)15/h5-6,8H,7H2,1-4H3. The van der Waals surface area contributed by atoms with Crippen LogP contribution in [0.4, 0.5) is 0 Å². The summed E-state index contributed by atoms with van der Waals surface area (Å²) in [5.41, 5.74) is 10.9. The molecule has 0 fully saturated rings. The molecule has 0 N–H and O–H groups in total. The van der Waals surface area contributed by atoms with Crippen LogP contribution in [0, 0.1) is 27.7 Å². The number of benzene rings is 1. The van der Waals surface area contributed by atoms with Crippen LogP contribution < -0.4 is 0 Å². The van der Waals surface area contributed by atoms with E-state index in [1.165, 1.54) is 44.6 Å². The van der Waals surface area contributed by atoms with Crippen LogP contribution in [0.5, 0.6) is 0 Å². The molecule has 1 heterocycles. The zero-order valence-corrected chi connectivity index (χ0v) is 10.9. The summed E-state index contributed by atoms with van der Waals surface area (Å²) in [5, 5.41) is 0. The van der Waals surface area contributed by atoms with Crippen molar-refractivity contribution >= 4 is 0 Å². The highest BCUT2D eigenvalue weighted by Crippen LogP contribution is 2.39. The molecule has 1 heteroatoms. The second-order valence-corrected chi connectivity index (χ2v) is 5.10. The molecule has 0 atom stereocenters. The first-order valence-electron chi connectivity index (χ1n) is 6.14. The second-order valence-electron chi connectivity index (χ2n) is 5.10. The maximum atomic E-state index is 4.63. The Kier molecular flexibility index (Phi) is 2.12. The van der Waals surface area contributed by atoms with Gasteiger partial charge in [0.15, 0.2) is 0 Å². The number of hydrogen-bond acceptors (Lipinski definition) is 1. The third-order valence-electron chi connectivity index (χ3n) is 4.20. The van der Waals surface area contributed by atoms with E-state index in [1.54, 1.807) is 0 Å². The van der Waals surface area contributed by atoms with E-state index in [9.17, 15) is 0 Å². The Morgan fingerprint density at radius 2 is 1.59 bits per heavy atom. The van der Waals surface area contributed by atoms with Crippen LogP contribution in [-0.2, 0) is 6.42 Å². The molecule has 0 radical (unpaired) electrons. The highest BCUT2D eigenvalue weighted by Gasteiger charge is 2.23. The maximum absolute atomic E-state index is 4.63. The number of pyridine rings is 1. The first kappa shape index (κ1) is 10.5. The maximum Gasteiger partial charge on any atom is 0.0743 e. The Bertz CT molecular complexity index is 568. The average molecular weight is 223 g/mol. The minimum absolute atomic E-state index is 1.05. The molecule has 0 bridgehead atoms. The van der Waals surface area contributed by atoms with Crippen LogP contribution in [0.3, 0.4) is 0 Å². The summed E-state index contributed by atoms with van der Waals surface area (Å²) < 4.78 is 0. The van der Waals surface area contributed by atoms with Gasteiger partial charge in [0.1, 0.15) is 0 Å². The lowest BCUT2D eigenvalue weighted by Gasteiger charge is -2.06. The SMILES string of the molecule is Cc1ccc2c(c1C)Cc1c-2ncc(C)c1C. The highest BCUT2D eigenvalue weighted by molar-refractivity contribution is 5.76. The van der Waals surface area contributed by atoms with E-state index in [2.05, 4.69) is 44.8 Å². The molecule has 1 nitrogen and oxygen atoms in total. The van der Waals surface area contributed by atoms with Crippen LogP contribution in [-0.4, -0.2) is 4.98 Å². The molecule has 1 aromatic heterocycles. The van der Waals surface area contributed by atoms with Gasteiger partial charge in [-0.1, -0.05) is 12.1 Å². The van der Waals surface area contributed by atoms with Gasteiger partial charge in [-0.25, -0.2) is 0 Å². The molecule has 0 amide bonds. The third-order valence-corrected chi connectivity index (χ3v) is 4.20. The zero-order chi connectivity index (χ0) is 12.2. The molecule has 0 saturated heterocycles. The van der Waals surface area contributed by atoms with Crippen molar-refractivity contribution in [2.75, 3.05) is 0 Å². The van der Waals surface area contributed by atoms with E-state index in [0.717, 1.165) is 6.42 Å². The molecule has 1 aromatic carbocycles. The van der Waals surface area contributed by atoms with Crippen molar-refractivity contribution in [1.82, 2.24) is 4.98 Å². The highest BCUT2D eigenvalue weighted by atomic mass is 14.7. The molecule has 0 aliphatic heterocycles. The normalized spacial score (nSPS) is 12.5. The molecule has 0 unspecified atom stereocenters. The van der Waals surface area contributed by atoms with Crippen molar-refractivity contribution in [3.8, 4) is 11.3 Å². The lowest BCUT2D eigenvalue weighted by Crippen LogP contribution is -1.93. The summed E-state index contributed by atoms with van der Waals surface area (Å²) in [5.74, 6) is 0. The average Bonchev–Trinajstić information content (AvgIpc) is 2.69. The Hall–Kier alpha value is -1.63.